The monoisotopic (exact) mass is 236 g/mol. The zero-order valence-electron chi connectivity index (χ0n) is 9.96. The van der Waals surface area contributed by atoms with E-state index in [4.69, 9.17) is 9.84 Å². The number of anilines is 1. The van der Waals surface area contributed by atoms with Gasteiger partial charge in [-0.05, 0) is 26.0 Å². The van der Waals surface area contributed by atoms with Crippen molar-refractivity contribution in [3.63, 3.8) is 0 Å². The Labute approximate surface area is 100 Å². The summed E-state index contributed by atoms with van der Waals surface area (Å²) >= 11 is 0. The van der Waals surface area contributed by atoms with Crippen LogP contribution in [0.4, 0.5) is 5.82 Å². The first-order valence-corrected chi connectivity index (χ1v) is 5.66. The van der Waals surface area contributed by atoms with Gasteiger partial charge in [0.1, 0.15) is 5.82 Å². The van der Waals surface area contributed by atoms with Crippen molar-refractivity contribution in [2.75, 3.05) is 18.0 Å². The lowest BCUT2D eigenvalue weighted by Crippen LogP contribution is -2.45. The summed E-state index contributed by atoms with van der Waals surface area (Å²) in [6.07, 6.45) is 1.80. The third kappa shape index (κ3) is 2.74. The first-order chi connectivity index (χ1) is 8.06. The maximum absolute atomic E-state index is 10.9. The fourth-order valence-corrected chi connectivity index (χ4v) is 2.09. The standard InChI is InChI=1S/C12H16N2O3/c1-8-6-14(7-9(2)17-8)11-5-10(12(15)16)3-4-13-11/h3-5,8-9H,6-7H2,1-2H3,(H,15,16). The van der Waals surface area contributed by atoms with E-state index in [1.807, 2.05) is 13.8 Å². The van der Waals surface area contributed by atoms with E-state index in [2.05, 4.69) is 9.88 Å². The lowest BCUT2D eigenvalue weighted by molar-refractivity contribution is -0.00545. The summed E-state index contributed by atoms with van der Waals surface area (Å²) in [7, 11) is 0. The lowest BCUT2D eigenvalue weighted by Gasteiger charge is -2.36. The molecule has 1 saturated heterocycles. The van der Waals surface area contributed by atoms with Gasteiger partial charge in [-0.25, -0.2) is 9.78 Å². The lowest BCUT2D eigenvalue weighted by atomic mass is 10.2. The van der Waals surface area contributed by atoms with Crippen molar-refractivity contribution in [3.05, 3.63) is 23.9 Å². The predicted octanol–water partition coefficient (Wildman–Crippen LogP) is 1.39. The minimum atomic E-state index is -0.928. The summed E-state index contributed by atoms with van der Waals surface area (Å²) < 4.78 is 5.63. The second kappa shape index (κ2) is 4.71. The first-order valence-electron chi connectivity index (χ1n) is 5.66. The van der Waals surface area contributed by atoms with Gasteiger partial charge in [0, 0.05) is 19.3 Å². The summed E-state index contributed by atoms with van der Waals surface area (Å²) in [6, 6.07) is 3.10. The molecule has 0 amide bonds. The second-order valence-corrected chi connectivity index (χ2v) is 4.37. The predicted molar refractivity (Wildman–Crippen MR) is 63.4 cm³/mol. The molecule has 2 atom stereocenters. The molecule has 5 heteroatoms. The van der Waals surface area contributed by atoms with Crippen LogP contribution in [-0.2, 0) is 4.74 Å². The number of aromatic nitrogens is 1. The van der Waals surface area contributed by atoms with Crippen LogP contribution in [0.25, 0.3) is 0 Å². The second-order valence-electron chi connectivity index (χ2n) is 4.37. The molecule has 2 unspecified atom stereocenters. The van der Waals surface area contributed by atoms with Crippen LogP contribution in [0.2, 0.25) is 0 Å². The molecule has 0 radical (unpaired) electrons. The van der Waals surface area contributed by atoms with Gasteiger partial charge in [0.2, 0.25) is 0 Å². The van der Waals surface area contributed by atoms with Crippen LogP contribution >= 0.6 is 0 Å². The van der Waals surface area contributed by atoms with Gasteiger partial charge in [-0.3, -0.25) is 0 Å². The van der Waals surface area contributed by atoms with Crippen molar-refractivity contribution in [1.82, 2.24) is 4.98 Å². The van der Waals surface area contributed by atoms with Crippen molar-refractivity contribution >= 4 is 11.8 Å². The minimum absolute atomic E-state index is 0.133. The summed E-state index contributed by atoms with van der Waals surface area (Å²) in [5, 5.41) is 8.94. The van der Waals surface area contributed by atoms with E-state index < -0.39 is 5.97 Å². The Bertz CT molecular complexity index is 412. The van der Waals surface area contributed by atoms with E-state index in [0.29, 0.717) is 5.82 Å². The normalized spacial score (nSPS) is 24.7. The number of aromatic carboxylic acids is 1. The highest BCUT2D eigenvalue weighted by Gasteiger charge is 2.23. The molecule has 1 aromatic rings. The fourth-order valence-electron chi connectivity index (χ4n) is 2.09. The van der Waals surface area contributed by atoms with Crippen LogP contribution in [0.15, 0.2) is 18.3 Å². The van der Waals surface area contributed by atoms with Gasteiger partial charge in [-0.15, -0.1) is 0 Å². The number of pyridine rings is 1. The Morgan fingerprint density at radius 2 is 2.12 bits per heavy atom. The average molecular weight is 236 g/mol. The van der Waals surface area contributed by atoms with Crippen LogP contribution in [0.1, 0.15) is 24.2 Å². The largest absolute Gasteiger partial charge is 0.478 e. The number of hydrogen-bond donors (Lipinski definition) is 1. The highest BCUT2D eigenvalue weighted by atomic mass is 16.5. The molecule has 0 aliphatic carbocycles. The van der Waals surface area contributed by atoms with Crippen LogP contribution in [-0.4, -0.2) is 41.4 Å². The van der Waals surface area contributed by atoms with E-state index in [-0.39, 0.29) is 17.8 Å². The smallest absolute Gasteiger partial charge is 0.335 e. The number of carboxylic acid groups (broad SMARTS) is 1. The van der Waals surface area contributed by atoms with Crippen molar-refractivity contribution in [2.24, 2.45) is 0 Å². The van der Waals surface area contributed by atoms with Gasteiger partial charge in [0.05, 0.1) is 17.8 Å². The highest BCUT2D eigenvalue weighted by molar-refractivity contribution is 5.88. The molecule has 2 heterocycles. The Kier molecular flexibility index (Phi) is 3.28. The zero-order valence-corrected chi connectivity index (χ0v) is 9.96. The molecule has 1 aliphatic heterocycles. The number of hydrogen-bond acceptors (Lipinski definition) is 4. The molecule has 1 fully saturated rings. The first kappa shape index (κ1) is 11.9. The molecule has 1 aliphatic rings. The summed E-state index contributed by atoms with van der Waals surface area (Å²) in [6.45, 7) is 5.48. The number of ether oxygens (including phenoxy) is 1. The van der Waals surface area contributed by atoms with Crippen molar-refractivity contribution < 1.29 is 14.6 Å². The van der Waals surface area contributed by atoms with Crippen LogP contribution < -0.4 is 4.90 Å². The van der Waals surface area contributed by atoms with Gasteiger partial charge in [-0.2, -0.15) is 0 Å². The number of carboxylic acids is 1. The van der Waals surface area contributed by atoms with Crippen LogP contribution in [0, 0.1) is 0 Å². The maximum atomic E-state index is 10.9. The number of rotatable bonds is 2. The molecular formula is C12H16N2O3. The molecule has 0 aromatic carbocycles. The fraction of sp³-hybridized carbons (Fsp3) is 0.500. The molecule has 0 spiro atoms. The van der Waals surface area contributed by atoms with Crippen LogP contribution in [0.5, 0.6) is 0 Å². The van der Waals surface area contributed by atoms with Crippen LogP contribution in [0.3, 0.4) is 0 Å². The summed E-state index contributed by atoms with van der Waals surface area (Å²) in [5.41, 5.74) is 0.266. The number of morpholine rings is 1. The van der Waals surface area contributed by atoms with Gasteiger partial charge in [0.15, 0.2) is 0 Å². The van der Waals surface area contributed by atoms with E-state index >= 15 is 0 Å². The SMILES string of the molecule is CC1CN(c2cc(C(=O)O)ccn2)CC(C)O1. The molecule has 17 heavy (non-hydrogen) atoms. The van der Waals surface area contributed by atoms with Gasteiger partial charge in [0.25, 0.3) is 0 Å². The van der Waals surface area contributed by atoms with Gasteiger partial charge in [-0.1, -0.05) is 0 Å². The quantitative estimate of drug-likeness (QED) is 0.840. The highest BCUT2D eigenvalue weighted by Crippen LogP contribution is 2.19. The molecule has 0 saturated carbocycles. The zero-order chi connectivity index (χ0) is 12.4. The van der Waals surface area contributed by atoms with E-state index in [9.17, 15) is 4.79 Å². The summed E-state index contributed by atoms with van der Waals surface area (Å²) in [5.74, 6) is -0.227. The molecule has 92 valence electrons. The van der Waals surface area contributed by atoms with Gasteiger partial charge >= 0.3 is 5.97 Å². The third-order valence-electron chi connectivity index (χ3n) is 2.74. The molecule has 5 nitrogen and oxygen atoms in total. The molecular weight excluding hydrogens is 220 g/mol. The van der Waals surface area contributed by atoms with Crippen molar-refractivity contribution in [3.8, 4) is 0 Å². The molecule has 1 aromatic heterocycles. The molecule has 1 N–H and O–H groups in total. The Morgan fingerprint density at radius 3 is 2.71 bits per heavy atom. The number of nitrogens with zero attached hydrogens (tertiary/aromatic N) is 2. The Morgan fingerprint density at radius 1 is 1.47 bits per heavy atom. The minimum Gasteiger partial charge on any atom is -0.478 e. The summed E-state index contributed by atoms with van der Waals surface area (Å²) in [4.78, 5) is 17.2. The number of carbonyl (C=O) groups is 1. The topological polar surface area (TPSA) is 62.7 Å². The average Bonchev–Trinajstić information content (AvgIpc) is 2.28. The maximum Gasteiger partial charge on any atom is 0.335 e. The third-order valence-corrected chi connectivity index (χ3v) is 2.74. The Balaban J connectivity index is 2.21. The Hall–Kier alpha value is -1.62. The van der Waals surface area contributed by atoms with Crippen molar-refractivity contribution in [2.45, 2.75) is 26.1 Å². The van der Waals surface area contributed by atoms with E-state index in [0.717, 1.165) is 13.1 Å². The van der Waals surface area contributed by atoms with Gasteiger partial charge < -0.3 is 14.7 Å². The molecule has 0 bridgehead atoms. The van der Waals surface area contributed by atoms with Crippen molar-refractivity contribution in [1.29, 1.82) is 0 Å². The molecule has 2 rings (SSSR count). The van der Waals surface area contributed by atoms with E-state index in [1.54, 1.807) is 6.07 Å². The van der Waals surface area contributed by atoms with E-state index in [1.165, 1.54) is 12.3 Å².